The Morgan fingerprint density at radius 2 is 2.39 bits per heavy atom. The summed E-state index contributed by atoms with van der Waals surface area (Å²) in [6, 6.07) is 4.53. The number of benzene rings is 1. The summed E-state index contributed by atoms with van der Waals surface area (Å²) >= 11 is 0. The van der Waals surface area contributed by atoms with Gasteiger partial charge in [0.15, 0.2) is 29.4 Å². The summed E-state index contributed by atoms with van der Waals surface area (Å²) < 4.78 is 29.3. The van der Waals surface area contributed by atoms with Gasteiger partial charge in [-0.2, -0.15) is 0 Å². The van der Waals surface area contributed by atoms with Gasteiger partial charge in [0, 0.05) is 13.2 Å². The van der Waals surface area contributed by atoms with Crippen LogP contribution in [0.4, 0.5) is 4.39 Å². The summed E-state index contributed by atoms with van der Waals surface area (Å²) in [5, 5.41) is 2.71. The number of methoxy groups -OCH3 is 1. The lowest BCUT2D eigenvalue weighted by atomic mass is 10.1. The molecule has 2 aromatic rings. The molecule has 0 aliphatic carbocycles. The van der Waals surface area contributed by atoms with E-state index in [4.69, 9.17) is 13.9 Å². The first-order valence-corrected chi connectivity index (χ1v) is 7.34. The fourth-order valence-electron chi connectivity index (χ4n) is 2.52. The van der Waals surface area contributed by atoms with Crippen molar-refractivity contribution >= 4 is 5.91 Å². The van der Waals surface area contributed by atoms with E-state index in [1.54, 1.807) is 6.07 Å². The molecule has 0 saturated carbocycles. The van der Waals surface area contributed by atoms with Gasteiger partial charge in [-0.3, -0.25) is 4.79 Å². The van der Waals surface area contributed by atoms with Crippen molar-refractivity contribution in [1.29, 1.82) is 0 Å². The molecule has 1 N–H and O–H groups in total. The van der Waals surface area contributed by atoms with Crippen molar-refractivity contribution in [3.8, 4) is 5.75 Å². The van der Waals surface area contributed by atoms with Crippen molar-refractivity contribution in [2.75, 3.05) is 13.7 Å². The molecule has 122 valence electrons. The van der Waals surface area contributed by atoms with Gasteiger partial charge in [0.1, 0.15) is 6.10 Å². The van der Waals surface area contributed by atoms with Gasteiger partial charge in [0.2, 0.25) is 0 Å². The van der Waals surface area contributed by atoms with Crippen molar-refractivity contribution in [3.63, 3.8) is 0 Å². The lowest BCUT2D eigenvalue weighted by Crippen LogP contribution is -2.24. The van der Waals surface area contributed by atoms with Crippen LogP contribution in [0, 0.1) is 5.82 Å². The molecule has 1 amide bonds. The second-order valence-electron chi connectivity index (χ2n) is 5.22. The van der Waals surface area contributed by atoms with Crippen molar-refractivity contribution in [3.05, 3.63) is 47.4 Å². The van der Waals surface area contributed by atoms with Gasteiger partial charge in [-0.25, -0.2) is 9.37 Å². The first-order valence-electron chi connectivity index (χ1n) is 7.34. The minimum absolute atomic E-state index is 0.164. The maximum Gasteiger partial charge on any atom is 0.273 e. The number of rotatable bonds is 5. The van der Waals surface area contributed by atoms with E-state index in [1.807, 2.05) is 0 Å². The predicted molar refractivity (Wildman–Crippen MR) is 78.6 cm³/mol. The fraction of sp³-hybridized carbons (Fsp3) is 0.375. The number of oxazole rings is 1. The molecule has 1 unspecified atom stereocenters. The van der Waals surface area contributed by atoms with Crippen molar-refractivity contribution in [1.82, 2.24) is 10.3 Å². The maximum atomic E-state index is 13.6. The Kier molecular flexibility index (Phi) is 4.57. The van der Waals surface area contributed by atoms with Gasteiger partial charge in [-0.15, -0.1) is 0 Å². The highest BCUT2D eigenvalue weighted by atomic mass is 19.1. The zero-order valence-electron chi connectivity index (χ0n) is 12.7. The highest BCUT2D eigenvalue weighted by Crippen LogP contribution is 2.30. The molecule has 1 saturated heterocycles. The molecule has 3 rings (SSSR count). The molecule has 0 radical (unpaired) electrons. The van der Waals surface area contributed by atoms with Gasteiger partial charge >= 0.3 is 0 Å². The number of amides is 1. The number of ether oxygens (including phenoxy) is 2. The quantitative estimate of drug-likeness (QED) is 0.916. The van der Waals surface area contributed by atoms with Crippen LogP contribution in [0.2, 0.25) is 0 Å². The largest absolute Gasteiger partial charge is 0.494 e. The van der Waals surface area contributed by atoms with Gasteiger partial charge in [0.25, 0.3) is 5.91 Å². The number of halogens is 1. The average Bonchev–Trinajstić information content (AvgIpc) is 3.23. The van der Waals surface area contributed by atoms with Gasteiger partial charge in [-0.1, -0.05) is 6.07 Å². The number of aromatic nitrogens is 1. The smallest absolute Gasteiger partial charge is 0.273 e. The molecule has 1 aliphatic heterocycles. The molecule has 23 heavy (non-hydrogen) atoms. The van der Waals surface area contributed by atoms with E-state index in [0.717, 1.165) is 12.8 Å². The Hall–Kier alpha value is -2.41. The Morgan fingerprint density at radius 3 is 3.09 bits per heavy atom. The third-order valence-electron chi connectivity index (χ3n) is 3.70. The predicted octanol–water partition coefficient (Wildman–Crippen LogP) is 2.60. The van der Waals surface area contributed by atoms with Crippen LogP contribution in [0.15, 0.2) is 29.0 Å². The highest BCUT2D eigenvalue weighted by Gasteiger charge is 2.27. The molecule has 0 bridgehead atoms. The van der Waals surface area contributed by atoms with Crippen LogP contribution in [0.3, 0.4) is 0 Å². The lowest BCUT2D eigenvalue weighted by Gasteiger charge is -2.09. The first kappa shape index (κ1) is 15.5. The Balaban J connectivity index is 1.66. The second-order valence-corrected chi connectivity index (χ2v) is 5.22. The summed E-state index contributed by atoms with van der Waals surface area (Å²) in [6.07, 6.45) is 2.74. The summed E-state index contributed by atoms with van der Waals surface area (Å²) in [5.41, 5.74) is 0.838. The normalized spacial score (nSPS) is 17.2. The first-order chi connectivity index (χ1) is 11.2. The average molecular weight is 320 g/mol. The maximum absolute atomic E-state index is 13.6. The van der Waals surface area contributed by atoms with Crippen LogP contribution in [0.5, 0.6) is 5.75 Å². The summed E-state index contributed by atoms with van der Waals surface area (Å²) in [5.74, 6) is -0.237. The number of hydrogen-bond acceptors (Lipinski definition) is 5. The molecule has 6 nitrogen and oxygen atoms in total. The molecule has 1 fully saturated rings. The van der Waals surface area contributed by atoms with Crippen molar-refractivity contribution in [2.24, 2.45) is 0 Å². The topological polar surface area (TPSA) is 73.6 Å². The molecule has 0 spiro atoms. The van der Waals surface area contributed by atoms with Crippen LogP contribution in [-0.4, -0.2) is 24.6 Å². The summed E-state index contributed by atoms with van der Waals surface area (Å²) in [4.78, 5) is 16.2. The zero-order valence-corrected chi connectivity index (χ0v) is 12.7. The van der Waals surface area contributed by atoms with Crippen LogP contribution >= 0.6 is 0 Å². The summed E-state index contributed by atoms with van der Waals surface area (Å²) in [7, 11) is 1.40. The molecule has 7 heteroatoms. The van der Waals surface area contributed by atoms with E-state index in [9.17, 15) is 9.18 Å². The summed E-state index contributed by atoms with van der Waals surface area (Å²) in [6.45, 7) is 0.828. The molecule has 1 atom stereocenters. The van der Waals surface area contributed by atoms with E-state index in [2.05, 4.69) is 10.3 Å². The molecular formula is C16H17FN2O4. The zero-order chi connectivity index (χ0) is 16.2. The third kappa shape index (κ3) is 3.34. The molecule has 2 heterocycles. The van der Waals surface area contributed by atoms with E-state index < -0.39 is 5.82 Å². The fourth-order valence-corrected chi connectivity index (χ4v) is 2.52. The van der Waals surface area contributed by atoms with E-state index >= 15 is 0 Å². The van der Waals surface area contributed by atoms with Gasteiger partial charge < -0.3 is 19.2 Å². The van der Waals surface area contributed by atoms with E-state index in [1.165, 1.54) is 25.6 Å². The van der Waals surface area contributed by atoms with Crippen LogP contribution in [0.1, 0.15) is 40.8 Å². The van der Waals surface area contributed by atoms with E-state index in [0.29, 0.717) is 17.9 Å². The van der Waals surface area contributed by atoms with Crippen molar-refractivity contribution < 1.29 is 23.1 Å². The minimum atomic E-state index is -0.472. The number of carbonyl (C=O) groups is 1. The standard InChI is InChI=1S/C16H17FN2O4/c1-21-12-5-4-10(7-11(12)17)8-18-16(20)14-15(23-9-19-14)13-3-2-6-22-13/h4-5,7,9,13H,2-3,6,8H2,1H3,(H,18,20). The van der Waals surface area contributed by atoms with Crippen LogP contribution in [0.25, 0.3) is 0 Å². The van der Waals surface area contributed by atoms with E-state index in [-0.39, 0.29) is 30.0 Å². The third-order valence-corrected chi connectivity index (χ3v) is 3.70. The van der Waals surface area contributed by atoms with Crippen molar-refractivity contribution in [2.45, 2.75) is 25.5 Å². The molecule has 1 aliphatic rings. The Bertz CT molecular complexity index is 695. The Labute approximate surface area is 132 Å². The highest BCUT2D eigenvalue weighted by molar-refractivity contribution is 5.93. The minimum Gasteiger partial charge on any atom is -0.494 e. The van der Waals surface area contributed by atoms with Crippen LogP contribution < -0.4 is 10.1 Å². The molecule has 1 aromatic heterocycles. The SMILES string of the molecule is COc1ccc(CNC(=O)c2ncoc2C2CCCO2)cc1F. The Morgan fingerprint density at radius 1 is 1.52 bits per heavy atom. The lowest BCUT2D eigenvalue weighted by molar-refractivity contribution is 0.0860. The number of carbonyl (C=O) groups excluding carboxylic acids is 1. The number of hydrogen-bond donors (Lipinski definition) is 1. The number of nitrogens with zero attached hydrogens (tertiary/aromatic N) is 1. The van der Waals surface area contributed by atoms with Gasteiger partial charge in [-0.05, 0) is 30.5 Å². The monoisotopic (exact) mass is 320 g/mol. The molecular weight excluding hydrogens is 303 g/mol. The number of nitrogens with one attached hydrogen (secondary N) is 1. The second kappa shape index (κ2) is 6.78. The van der Waals surface area contributed by atoms with Crippen LogP contribution in [-0.2, 0) is 11.3 Å². The molecule has 1 aromatic carbocycles. The van der Waals surface area contributed by atoms with Gasteiger partial charge in [0.05, 0.1) is 7.11 Å².